The molecule has 0 aromatic heterocycles. The molecule has 0 aliphatic carbocycles. The second-order valence-electron chi connectivity index (χ2n) is 2.32. The summed E-state index contributed by atoms with van der Waals surface area (Å²) >= 11 is 0. The number of hydrogen-bond acceptors (Lipinski definition) is 8. The van der Waals surface area contributed by atoms with Crippen molar-refractivity contribution in [2.75, 3.05) is 27.4 Å². The standard InChI is InChI=1S/C6H18N3O6/c1-5-12-8(14-7-11-4)15-9(3,10)13-6-2/h7,10H,5-6H2,1-4H3/q+1. The Morgan fingerprint density at radius 1 is 1.33 bits per heavy atom. The van der Waals surface area contributed by atoms with Gasteiger partial charge in [0.25, 0.3) is 0 Å². The monoisotopic (exact) mass is 228 g/mol. The predicted molar refractivity (Wildman–Crippen MR) is 45.4 cm³/mol. The van der Waals surface area contributed by atoms with Gasteiger partial charge in [0.15, 0.2) is 12.4 Å². The molecule has 2 N–H and O–H groups in total. The van der Waals surface area contributed by atoms with E-state index in [9.17, 15) is 5.21 Å². The number of nitrogens with one attached hydrogen (secondary N) is 1. The summed E-state index contributed by atoms with van der Waals surface area (Å²) in [7, 11) is 2.56. The molecule has 0 aliphatic rings. The Hall–Kier alpha value is -0.360. The number of rotatable bonds is 9. The van der Waals surface area contributed by atoms with Crippen LogP contribution in [0.3, 0.4) is 0 Å². The lowest BCUT2D eigenvalue weighted by molar-refractivity contribution is -1.38. The van der Waals surface area contributed by atoms with Crippen molar-refractivity contribution in [3.63, 3.8) is 0 Å². The number of quaternary nitrogens is 1. The van der Waals surface area contributed by atoms with Gasteiger partial charge < -0.3 is 0 Å². The molecule has 0 fully saturated rings. The molecule has 0 rings (SSSR count). The fourth-order valence-electron chi connectivity index (χ4n) is 0.627. The van der Waals surface area contributed by atoms with E-state index in [1.807, 2.05) is 5.64 Å². The fourth-order valence-corrected chi connectivity index (χ4v) is 0.627. The maximum atomic E-state index is 9.43. The molecule has 15 heavy (non-hydrogen) atoms. The van der Waals surface area contributed by atoms with Crippen LogP contribution in [0.25, 0.3) is 0 Å². The SMILES string of the molecule is CCON(ONOC)O[N+](C)(O)OCC. The van der Waals surface area contributed by atoms with Crippen molar-refractivity contribution in [1.29, 1.82) is 0 Å². The van der Waals surface area contributed by atoms with Crippen molar-refractivity contribution in [2.24, 2.45) is 0 Å². The Kier molecular flexibility index (Phi) is 7.68. The van der Waals surface area contributed by atoms with E-state index in [0.29, 0.717) is 5.39 Å². The van der Waals surface area contributed by atoms with Gasteiger partial charge in [-0.1, -0.05) is 5.64 Å². The first kappa shape index (κ1) is 14.6. The Balaban J connectivity index is 4.01. The molecule has 1 atom stereocenters. The lowest BCUT2D eigenvalue weighted by atomic mass is 10.9. The van der Waals surface area contributed by atoms with E-state index in [-0.39, 0.29) is 13.2 Å². The van der Waals surface area contributed by atoms with Crippen LogP contribution in [0, 0.1) is 0 Å². The van der Waals surface area contributed by atoms with Crippen LogP contribution in [0.4, 0.5) is 0 Å². The van der Waals surface area contributed by atoms with E-state index in [4.69, 9.17) is 14.6 Å². The molecule has 92 valence electrons. The van der Waals surface area contributed by atoms with Gasteiger partial charge in [-0.05, 0) is 13.8 Å². The number of hydroxylamine groups is 3. The number of nitrogens with zero attached hydrogens (tertiary/aromatic N) is 2. The largest absolute Gasteiger partial charge is 0.278 e. The minimum atomic E-state index is -1.21. The van der Waals surface area contributed by atoms with Gasteiger partial charge in [0.2, 0.25) is 0 Å². The molecule has 0 amide bonds. The van der Waals surface area contributed by atoms with Crippen LogP contribution in [0.15, 0.2) is 0 Å². The lowest BCUT2D eigenvalue weighted by Crippen LogP contribution is -2.47. The van der Waals surface area contributed by atoms with E-state index in [0.717, 1.165) is 0 Å². The van der Waals surface area contributed by atoms with Crippen LogP contribution in [-0.2, 0) is 24.4 Å². The third-order valence-electron chi connectivity index (χ3n) is 1.02. The number of hydrogen-bond donors (Lipinski definition) is 2. The highest BCUT2D eigenvalue weighted by Crippen LogP contribution is 2.04. The predicted octanol–water partition coefficient (Wildman–Crippen LogP) is -0.129. The summed E-state index contributed by atoms with van der Waals surface area (Å²) in [6.45, 7) is 3.90. The summed E-state index contributed by atoms with van der Waals surface area (Å²) in [4.78, 5) is 22.1. The van der Waals surface area contributed by atoms with Crippen molar-refractivity contribution in [1.82, 2.24) is 11.0 Å². The highest BCUT2D eigenvalue weighted by Gasteiger charge is 2.29. The molecule has 0 spiro atoms. The molecule has 0 aliphatic heterocycles. The zero-order valence-electron chi connectivity index (χ0n) is 9.30. The van der Waals surface area contributed by atoms with Gasteiger partial charge in [-0.3, -0.25) is 4.84 Å². The molecular formula is C6H18N3O6+. The Bertz CT molecular complexity index is 158. The summed E-state index contributed by atoms with van der Waals surface area (Å²) in [6, 6.07) is 0. The van der Waals surface area contributed by atoms with Gasteiger partial charge in [0.1, 0.15) is 11.6 Å². The van der Waals surface area contributed by atoms with Crippen molar-refractivity contribution in [3.05, 3.63) is 0 Å². The fraction of sp³-hybridized carbons (Fsp3) is 1.00. The summed E-state index contributed by atoms with van der Waals surface area (Å²) in [5.74, 6) is 0. The third kappa shape index (κ3) is 7.56. The van der Waals surface area contributed by atoms with Gasteiger partial charge in [-0.25, -0.2) is 4.84 Å². The molecule has 9 nitrogen and oxygen atoms in total. The first-order valence-electron chi connectivity index (χ1n) is 4.37. The normalized spacial score (nSPS) is 15.6. The van der Waals surface area contributed by atoms with Crippen molar-refractivity contribution in [3.8, 4) is 0 Å². The van der Waals surface area contributed by atoms with Crippen molar-refractivity contribution >= 4 is 0 Å². The van der Waals surface area contributed by atoms with Gasteiger partial charge in [0, 0.05) is 4.94 Å². The zero-order valence-corrected chi connectivity index (χ0v) is 9.30. The lowest BCUT2D eigenvalue weighted by Gasteiger charge is -2.23. The van der Waals surface area contributed by atoms with Gasteiger partial charge in [-0.2, -0.15) is 0 Å². The van der Waals surface area contributed by atoms with Gasteiger partial charge >= 0.3 is 0 Å². The molecule has 0 aromatic rings. The highest BCUT2D eigenvalue weighted by molar-refractivity contribution is 3.95. The summed E-state index contributed by atoms with van der Waals surface area (Å²) < 4.78 is 0. The van der Waals surface area contributed by atoms with Crippen LogP contribution >= 0.6 is 0 Å². The van der Waals surface area contributed by atoms with Crippen LogP contribution < -0.4 is 5.64 Å². The van der Waals surface area contributed by atoms with E-state index < -0.39 is 4.97 Å². The third-order valence-corrected chi connectivity index (χ3v) is 1.02. The maximum Gasteiger partial charge on any atom is 0.170 e. The summed E-state index contributed by atoms with van der Waals surface area (Å²) in [5, 5.41) is 9.95. The van der Waals surface area contributed by atoms with Crippen LogP contribution in [0.2, 0.25) is 0 Å². The average molecular weight is 228 g/mol. The second-order valence-corrected chi connectivity index (χ2v) is 2.32. The zero-order chi connectivity index (χ0) is 11.7. The first-order chi connectivity index (χ1) is 7.05. The van der Waals surface area contributed by atoms with Crippen LogP contribution in [0.5, 0.6) is 0 Å². The van der Waals surface area contributed by atoms with E-state index in [1.54, 1.807) is 13.8 Å². The Morgan fingerprint density at radius 3 is 2.47 bits per heavy atom. The van der Waals surface area contributed by atoms with Crippen molar-refractivity contribution in [2.45, 2.75) is 13.8 Å². The molecule has 0 radical (unpaired) electrons. The first-order valence-corrected chi connectivity index (χ1v) is 4.37. The molecule has 0 bridgehead atoms. The summed E-state index contributed by atoms with van der Waals surface area (Å²) in [5.41, 5.74) is 2.00. The molecule has 9 heteroatoms. The Labute approximate surface area is 87.8 Å². The van der Waals surface area contributed by atoms with E-state index in [2.05, 4.69) is 9.78 Å². The molecule has 0 saturated heterocycles. The van der Waals surface area contributed by atoms with Crippen molar-refractivity contribution < 1.29 is 34.6 Å². The minimum Gasteiger partial charge on any atom is -0.278 e. The van der Waals surface area contributed by atoms with Gasteiger partial charge in [-0.15, -0.1) is 15.0 Å². The average Bonchev–Trinajstić information content (AvgIpc) is 2.14. The van der Waals surface area contributed by atoms with E-state index in [1.165, 1.54) is 14.2 Å². The molecule has 1 unspecified atom stereocenters. The van der Waals surface area contributed by atoms with E-state index >= 15 is 0 Å². The molecule has 0 heterocycles. The smallest absolute Gasteiger partial charge is 0.170 e. The van der Waals surface area contributed by atoms with Crippen LogP contribution in [0.1, 0.15) is 13.8 Å². The quantitative estimate of drug-likeness (QED) is 0.417. The van der Waals surface area contributed by atoms with Crippen LogP contribution in [-0.4, -0.2) is 42.9 Å². The molecule has 0 saturated carbocycles. The maximum absolute atomic E-state index is 9.43. The Morgan fingerprint density at radius 2 is 2.00 bits per heavy atom. The second kappa shape index (κ2) is 7.87. The molecule has 0 aromatic carbocycles. The molecular weight excluding hydrogens is 210 g/mol. The van der Waals surface area contributed by atoms with Gasteiger partial charge in [0.05, 0.1) is 13.7 Å². The topological polar surface area (TPSA) is 81.7 Å². The summed E-state index contributed by atoms with van der Waals surface area (Å²) in [6.07, 6.45) is 0. The highest BCUT2D eigenvalue weighted by atomic mass is 17.4. The minimum absolute atomic E-state index is 0.241.